The smallest absolute Gasteiger partial charge is 0.163 e. The molecule has 0 fully saturated rings. The van der Waals surface area contributed by atoms with E-state index in [9.17, 15) is 0 Å². The van der Waals surface area contributed by atoms with Crippen molar-refractivity contribution in [1.82, 2.24) is 15.3 Å². The average molecular weight is 289 g/mol. The minimum Gasteiger partial charge on any atom is -0.489 e. The number of H-pyrrole nitrogens is 1. The third-order valence-electron chi connectivity index (χ3n) is 3.54. The summed E-state index contributed by atoms with van der Waals surface area (Å²) in [6, 6.07) is 4.51. The Morgan fingerprint density at radius 3 is 2.76 bits per heavy atom. The molecule has 1 aliphatic heterocycles. The van der Waals surface area contributed by atoms with Gasteiger partial charge >= 0.3 is 0 Å². The fraction of sp³-hybridized carbons (Fsp3) is 0.562. The number of nitrogens with zero attached hydrogens (tertiary/aromatic N) is 1. The van der Waals surface area contributed by atoms with Crippen molar-refractivity contribution in [2.45, 2.75) is 39.2 Å². The van der Waals surface area contributed by atoms with Crippen LogP contribution in [0.5, 0.6) is 11.5 Å². The average Bonchev–Trinajstić information content (AvgIpc) is 2.69. The van der Waals surface area contributed by atoms with Crippen molar-refractivity contribution >= 4 is 11.0 Å². The lowest BCUT2D eigenvalue weighted by atomic mass is 10.3. The Balaban J connectivity index is 1.71. The van der Waals surface area contributed by atoms with Gasteiger partial charge in [0.05, 0.1) is 24.2 Å². The van der Waals surface area contributed by atoms with Crippen LogP contribution in [0.1, 0.15) is 32.5 Å². The summed E-state index contributed by atoms with van der Waals surface area (Å²) in [5.41, 5.74) is 1.97. The number of aryl methyl sites for hydroxylation is 1. The molecular weight excluding hydrogens is 266 g/mol. The van der Waals surface area contributed by atoms with Gasteiger partial charge in [0, 0.05) is 31.0 Å². The molecule has 0 unspecified atom stereocenters. The molecule has 21 heavy (non-hydrogen) atoms. The molecule has 0 saturated carbocycles. The van der Waals surface area contributed by atoms with E-state index in [1.54, 1.807) is 0 Å². The second kappa shape index (κ2) is 6.35. The minimum absolute atomic E-state index is 0.533. The maximum Gasteiger partial charge on any atom is 0.163 e. The summed E-state index contributed by atoms with van der Waals surface area (Å²) in [5, 5.41) is 3.42. The van der Waals surface area contributed by atoms with Crippen LogP contribution in [-0.4, -0.2) is 35.8 Å². The van der Waals surface area contributed by atoms with Gasteiger partial charge in [-0.3, -0.25) is 0 Å². The highest BCUT2D eigenvalue weighted by molar-refractivity contribution is 5.79. The van der Waals surface area contributed by atoms with Crippen LogP contribution in [0.3, 0.4) is 0 Å². The van der Waals surface area contributed by atoms with Gasteiger partial charge in [-0.15, -0.1) is 0 Å². The van der Waals surface area contributed by atoms with Crippen molar-refractivity contribution in [2.24, 2.45) is 0 Å². The van der Waals surface area contributed by atoms with Crippen molar-refractivity contribution in [2.75, 3.05) is 19.8 Å². The standard InChI is InChI=1S/C16H23N3O2/c1-11(2)17-6-3-5-16-18-12-9-14-15(10-13(12)19-16)21-8-4-7-20-14/h9-11,17H,3-8H2,1-2H3,(H,18,19). The lowest BCUT2D eigenvalue weighted by molar-refractivity contribution is 0.297. The van der Waals surface area contributed by atoms with Crippen molar-refractivity contribution in [3.63, 3.8) is 0 Å². The van der Waals surface area contributed by atoms with Gasteiger partial charge in [0.25, 0.3) is 0 Å². The molecule has 0 atom stereocenters. The van der Waals surface area contributed by atoms with E-state index in [2.05, 4.69) is 29.1 Å². The molecule has 114 valence electrons. The zero-order valence-electron chi connectivity index (χ0n) is 12.7. The topological polar surface area (TPSA) is 59.2 Å². The van der Waals surface area contributed by atoms with E-state index in [0.717, 1.165) is 54.2 Å². The Labute approximate surface area is 125 Å². The summed E-state index contributed by atoms with van der Waals surface area (Å²) in [7, 11) is 0. The number of aromatic nitrogens is 2. The third-order valence-corrected chi connectivity index (χ3v) is 3.54. The Morgan fingerprint density at radius 2 is 2.00 bits per heavy atom. The van der Waals surface area contributed by atoms with E-state index in [1.807, 2.05) is 12.1 Å². The summed E-state index contributed by atoms with van der Waals surface area (Å²) < 4.78 is 11.4. The largest absolute Gasteiger partial charge is 0.489 e. The zero-order valence-corrected chi connectivity index (χ0v) is 12.7. The quantitative estimate of drug-likeness (QED) is 0.831. The van der Waals surface area contributed by atoms with Gasteiger partial charge in [-0.05, 0) is 13.0 Å². The molecule has 1 aromatic carbocycles. The van der Waals surface area contributed by atoms with Crippen LogP contribution in [0.25, 0.3) is 11.0 Å². The summed E-state index contributed by atoms with van der Waals surface area (Å²) in [6.07, 6.45) is 2.94. The number of rotatable bonds is 5. The fourth-order valence-corrected chi connectivity index (χ4v) is 2.48. The first-order valence-corrected chi connectivity index (χ1v) is 7.74. The number of benzene rings is 1. The van der Waals surface area contributed by atoms with Gasteiger partial charge in [-0.25, -0.2) is 4.98 Å². The fourth-order valence-electron chi connectivity index (χ4n) is 2.48. The molecule has 0 amide bonds. The number of hydrogen-bond donors (Lipinski definition) is 2. The van der Waals surface area contributed by atoms with Gasteiger partial charge in [-0.2, -0.15) is 0 Å². The first kappa shape index (κ1) is 14.2. The zero-order chi connectivity index (χ0) is 14.7. The Hall–Kier alpha value is -1.75. The Bertz CT molecular complexity index is 564. The molecule has 0 spiro atoms. The van der Waals surface area contributed by atoms with E-state index in [-0.39, 0.29) is 0 Å². The molecule has 5 nitrogen and oxygen atoms in total. The van der Waals surface area contributed by atoms with Crippen LogP contribution >= 0.6 is 0 Å². The molecule has 0 saturated heterocycles. The summed E-state index contributed by atoms with van der Waals surface area (Å²) in [4.78, 5) is 8.03. The molecule has 0 bridgehead atoms. The van der Waals surface area contributed by atoms with Crippen molar-refractivity contribution in [1.29, 1.82) is 0 Å². The molecular formula is C16H23N3O2. The van der Waals surface area contributed by atoms with Gasteiger partial charge < -0.3 is 19.8 Å². The van der Waals surface area contributed by atoms with E-state index < -0.39 is 0 Å². The highest BCUT2D eigenvalue weighted by Crippen LogP contribution is 2.33. The second-order valence-electron chi connectivity index (χ2n) is 5.76. The summed E-state index contributed by atoms with van der Waals surface area (Å²) in [5.74, 6) is 2.65. The van der Waals surface area contributed by atoms with Crippen molar-refractivity contribution < 1.29 is 9.47 Å². The van der Waals surface area contributed by atoms with Crippen LogP contribution in [0.2, 0.25) is 0 Å². The Kier molecular flexibility index (Phi) is 4.29. The molecule has 1 aromatic heterocycles. The SMILES string of the molecule is CC(C)NCCCc1nc2cc3c(cc2[nH]1)OCCCO3. The normalized spacial score (nSPS) is 14.6. The maximum atomic E-state index is 5.71. The lowest BCUT2D eigenvalue weighted by Gasteiger charge is -2.06. The lowest BCUT2D eigenvalue weighted by Crippen LogP contribution is -2.24. The molecule has 2 heterocycles. The predicted molar refractivity (Wildman–Crippen MR) is 83.2 cm³/mol. The van der Waals surface area contributed by atoms with Crippen LogP contribution in [0.4, 0.5) is 0 Å². The first-order chi connectivity index (χ1) is 10.2. The minimum atomic E-state index is 0.533. The third kappa shape index (κ3) is 3.47. The van der Waals surface area contributed by atoms with Crippen LogP contribution in [0, 0.1) is 0 Å². The van der Waals surface area contributed by atoms with Gasteiger partial charge in [0.2, 0.25) is 0 Å². The van der Waals surface area contributed by atoms with Crippen molar-refractivity contribution in [3.8, 4) is 11.5 Å². The van der Waals surface area contributed by atoms with Crippen LogP contribution in [0.15, 0.2) is 12.1 Å². The molecule has 0 radical (unpaired) electrons. The van der Waals surface area contributed by atoms with E-state index in [1.165, 1.54) is 0 Å². The van der Waals surface area contributed by atoms with E-state index >= 15 is 0 Å². The van der Waals surface area contributed by atoms with Gasteiger partial charge in [0.15, 0.2) is 11.5 Å². The molecule has 1 aliphatic rings. The molecule has 2 N–H and O–H groups in total. The van der Waals surface area contributed by atoms with Gasteiger partial charge in [-0.1, -0.05) is 13.8 Å². The monoisotopic (exact) mass is 289 g/mol. The molecule has 5 heteroatoms. The highest BCUT2D eigenvalue weighted by atomic mass is 16.5. The molecule has 2 aromatic rings. The molecule has 0 aliphatic carbocycles. The number of hydrogen-bond acceptors (Lipinski definition) is 4. The number of fused-ring (bicyclic) bond motifs is 2. The number of imidazole rings is 1. The molecule has 3 rings (SSSR count). The summed E-state index contributed by atoms with van der Waals surface area (Å²) >= 11 is 0. The van der Waals surface area contributed by atoms with E-state index in [4.69, 9.17) is 9.47 Å². The Morgan fingerprint density at radius 1 is 1.24 bits per heavy atom. The number of ether oxygens (including phenoxy) is 2. The first-order valence-electron chi connectivity index (χ1n) is 7.74. The number of nitrogens with one attached hydrogen (secondary N) is 2. The second-order valence-corrected chi connectivity index (χ2v) is 5.76. The van der Waals surface area contributed by atoms with Gasteiger partial charge in [0.1, 0.15) is 5.82 Å². The predicted octanol–water partition coefficient (Wildman–Crippen LogP) is 2.65. The van der Waals surface area contributed by atoms with Crippen molar-refractivity contribution in [3.05, 3.63) is 18.0 Å². The number of aromatic amines is 1. The van der Waals surface area contributed by atoms with Crippen LogP contribution < -0.4 is 14.8 Å². The summed E-state index contributed by atoms with van der Waals surface area (Å²) in [6.45, 7) is 6.75. The highest BCUT2D eigenvalue weighted by Gasteiger charge is 2.13. The maximum absolute atomic E-state index is 5.71. The van der Waals surface area contributed by atoms with E-state index in [0.29, 0.717) is 19.3 Å². The van der Waals surface area contributed by atoms with Crippen LogP contribution in [-0.2, 0) is 6.42 Å².